The van der Waals surface area contributed by atoms with Crippen molar-refractivity contribution in [3.63, 3.8) is 0 Å². The van der Waals surface area contributed by atoms with E-state index in [1.807, 2.05) is 66.7 Å². The summed E-state index contributed by atoms with van der Waals surface area (Å²) < 4.78 is 0. The largest absolute Gasteiger partial charge is 0.507 e. The monoisotopic (exact) mass is 312 g/mol. The zero-order valence-corrected chi connectivity index (χ0v) is 13.7. The van der Waals surface area contributed by atoms with Gasteiger partial charge in [-0.25, -0.2) is 0 Å². The first kappa shape index (κ1) is 15.8. The minimum Gasteiger partial charge on any atom is -0.507 e. The van der Waals surface area contributed by atoms with Crippen LogP contribution in [0.3, 0.4) is 0 Å². The Kier molecular flexibility index (Phi) is 4.93. The van der Waals surface area contributed by atoms with Crippen molar-refractivity contribution >= 4 is 24.3 Å². The smallest absolute Gasteiger partial charge is 0.123 e. The molecule has 0 aromatic heterocycles. The molecule has 0 heterocycles. The van der Waals surface area contributed by atoms with E-state index in [0.29, 0.717) is 5.75 Å². The fraction of sp³-hybridized carbons (Fsp3) is 0.0435. The van der Waals surface area contributed by atoms with Crippen molar-refractivity contribution < 1.29 is 5.11 Å². The fourth-order valence-corrected chi connectivity index (χ4v) is 2.62. The van der Waals surface area contributed by atoms with Gasteiger partial charge in [0.2, 0.25) is 0 Å². The van der Waals surface area contributed by atoms with Crippen molar-refractivity contribution in [2.75, 3.05) is 0 Å². The molecular formula is C23H20O. The zero-order chi connectivity index (χ0) is 16.8. The molecule has 1 heteroatoms. The summed E-state index contributed by atoms with van der Waals surface area (Å²) in [6, 6.07) is 24.0. The Hall–Kier alpha value is -3.06. The summed E-state index contributed by atoms with van der Waals surface area (Å²) in [7, 11) is 0. The Morgan fingerprint density at radius 1 is 0.583 bits per heavy atom. The molecule has 3 aromatic rings. The SMILES string of the molecule is Cc1ccc(O)c(C=Cc2ccccc2)c1C=Cc1ccccc1. The first-order chi connectivity index (χ1) is 11.7. The van der Waals surface area contributed by atoms with Gasteiger partial charge in [-0.15, -0.1) is 0 Å². The minimum atomic E-state index is 0.292. The standard InChI is InChI=1S/C23H20O/c1-18-12-17-23(24)22(16-14-20-10-6-3-7-11-20)21(18)15-13-19-8-4-2-5-9-19/h2-17,24H,1H3. The predicted octanol–water partition coefficient (Wildman–Crippen LogP) is 6.04. The number of hydrogen-bond acceptors (Lipinski definition) is 1. The lowest BCUT2D eigenvalue weighted by atomic mass is 9.98. The van der Waals surface area contributed by atoms with Crippen LogP contribution >= 0.6 is 0 Å². The topological polar surface area (TPSA) is 20.2 Å². The summed E-state index contributed by atoms with van der Waals surface area (Å²) >= 11 is 0. The van der Waals surface area contributed by atoms with Crippen LogP contribution in [0.25, 0.3) is 24.3 Å². The third-order valence-electron chi connectivity index (χ3n) is 3.97. The van der Waals surface area contributed by atoms with Gasteiger partial charge in [-0.1, -0.05) is 91.0 Å². The minimum absolute atomic E-state index is 0.292. The molecule has 1 N–H and O–H groups in total. The summed E-state index contributed by atoms with van der Waals surface area (Å²) in [5.41, 5.74) is 5.25. The molecule has 0 amide bonds. The highest BCUT2D eigenvalue weighted by Crippen LogP contribution is 2.28. The van der Waals surface area contributed by atoms with E-state index in [9.17, 15) is 5.11 Å². The molecule has 0 aliphatic heterocycles. The van der Waals surface area contributed by atoms with Gasteiger partial charge in [0.1, 0.15) is 5.75 Å². The number of aryl methyl sites for hydroxylation is 1. The Morgan fingerprint density at radius 2 is 1.08 bits per heavy atom. The lowest BCUT2D eigenvalue weighted by molar-refractivity contribution is 0.474. The summed E-state index contributed by atoms with van der Waals surface area (Å²) in [5.74, 6) is 0.292. The van der Waals surface area contributed by atoms with Crippen molar-refractivity contribution in [1.29, 1.82) is 0 Å². The Bertz CT molecular complexity index is 785. The van der Waals surface area contributed by atoms with Gasteiger partial charge in [-0.2, -0.15) is 0 Å². The van der Waals surface area contributed by atoms with E-state index in [1.54, 1.807) is 6.07 Å². The zero-order valence-electron chi connectivity index (χ0n) is 13.7. The van der Waals surface area contributed by atoms with Crippen LogP contribution in [-0.4, -0.2) is 5.11 Å². The molecule has 3 rings (SSSR count). The maximum Gasteiger partial charge on any atom is 0.123 e. The molecule has 0 saturated carbocycles. The second kappa shape index (κ2) is 7.47. The summed E-state index contributed by atoms with van der Waals surface area (Å²) in [6.45, 7) is 2.06. The maximum absolute atomic E-state index is 10.3. The highest BCUT2D eigenvalue weighted by Gasteiger charge is 2.06. The average Bonchev–Trinajstić information content (AvgIpc) is 2.63. The van der Waals surface area contributed by atoms with Gasteiger partial charge in [-0.3, -0.25) is 0 Å². The lowest BCUT2D eigenvalue weighted by Gasteiger charge is -2.08. The van der Waals surface area contributed by atoms with Gasteiger partial charge in [-0.05, 0) is 35.2 Å². The number of benzene rings is 3. The van der Waals surface area contributed by atoms with Gasteiger partial charge < -0.3 is 5.11 Å². The lowest BCUT2D eigenvalue weighted by Crippen LogP contribution is -1.87. The van der Waals surface area contributed by atoms with Crippen LogP contribution in [0.5, 0.6) is 5.75 Å². The predicted molar refractivity (Wildman–Crippen MR) is 104 cm³/mol. The summed E-state index contributed by atoms with van der Waals surface area (Å²) in [6.07, 6.45) is 8.13. The van der Waals surface area contributed by atoms with Crippen molar-refractivity contribution in [1.82, 2.24) is 0 Å². The van der Waals surface area contributed by atoms with E-state index in [2.05, 4.69) is 31.2 Å². The number of phenols is 1. The van der Waals surface area contributed by atoms with Crippen LogP contribution in [0.15, 0.2) is 72.8 Å². The maximum atomic E-state index is 10.3. The number of phenolic OH excluding ortho intramolecular Hbond substituents is 1. The van der Waals surface area contributed by atoms with E-state index < -0.39 is 0 Å². The highest BCUT2D eigenvalue weighted by molar-refractivity contribution is 5.83. The van der Waals surface area contributed by atoms with Crippen molar-refractivity contribution in [3.05, 3.63) is 101 Å². The molecule has 3 aromatic carbocycles. The third kappa shape index (κ3) is 3.82. The molecule has 118 valence electrons. The second-order valence-electron chi connectivity index (χ2n) is 5.72. The second-order valence-corrected chi connectivity index (χ2v) is 5.72. The molecule has 0 fully saturated rings. The molecule has 0 radical (unpaired) electrons. The van der Waals surface area contributed by atoms with E-state index in [-0.39, 0.29) is 0 Å². The molecule has 0 aliphatic carbocycles. The molecule has 0 bridgehead atoms. The Labute approximate surface area is 143 Å². The molecule has 0 atom stereocenters. The fourth-order valence-electron chi connectivity index (χ4n) is 2.62. The number of aromatic hydroxyl groups is 1. The number of rotatable bonds is 4. The van der Waals surface area contributed by atoms with Gasteiger partial charge in [0.05, 0.1) is 0 Å². The van der Waals surface area contributed by atoms with Gasteiger partial charge in [0.25, 0.3) is 0 Å². The van der Waals surface area contributed by atoms with Crippen molar-refractivity contribution in [3.8, 4) is 5.75 Å². The molecule has 0 aliphatic rings. The summed E-state index contributed by atoms with van der Waals surface area (Å²) in [4.78, 5) is 0. The van der Waals surface area contributed by atoms with Crippen molar-refractivity contribution in [2.45, 2.75) is 6.92 Å². The van der Waals surface area contributed by atoms with Gasteiger partial charge >= 0.3 is 0 Å². The summed E-state index contributed by atoms with van der Waals surface area (Å²) in [5, 5.41) is 10.3. The molecular weight excluding hydrogens is 292 g/mol. The van der Waals surface area contributed by atoms with Crippen molar-refractivity contribution in [2.24, 2.45) is 0 Å². The van der Waals surface area contributed by atoms with E-state index in [4.69, 9.17) is 0 Å². The van der Waals surface area contributed by atoms with E-state index in [0.717, 1.165) is 27.8 Å². The Morgan fingerprint density at radius 3 is 1.62 bits per heavy atom. The average molecular weight is 312 g/mol. The Balaban J connectivity index is 1.98. The van der Waals surface area contributed by atoms with Gasteiger partial charge in [0, 0.05) is 5.56 Å². The van der Waals surface area contributed by atoms with E-state index in [1.165, 1.54) is 0 Å². The van der Waals surface area contributed by atoms with Crippen LogP contribution in [0.1, 0.15) is 27.8 Å². The molecule has 24 heavy (non-hydrogen) atoms. The molecule has 0 unspecified atom stereocenters. The van der Waals surface area contributed by atoms with E-state index >= 15 is 0 Å². The molecule has 0 spiro atoms. The molecule has 0 saturated heterocycles. The first-order valence-electron chi connectivity index (χ1n) is 8.03. The van der Waals surface area contributed by atoms with Crippen LogP contribution < -0.4 is 0 Å². The number of hydrogen-bond donors (Lipinski definition) is 1. The van der Waals surface area contributed by atoms with Crippen LogP contribution in [0.4, 0.5) is 0 Å². The quantitative estimate of drug-likeness (QED) is 0.582. The first-order valence-corrected chi connectivity index (χ1v) is 8.03. The highest BCUT2D eigenvalue weighted by atomic mass is 16.3. The molecule has 1 nitrogen and oxygen atoms in total. The van der Waals surface area contributed by atoms with Gasteiger partial charge in [0.15, 0.2) is 0 Å². The van der Waals surface area contributed by atoms with Crippen LogP contribution in [0, 0.1) is 6.92 Å². The van der Waals surface area contributed by atoms with Crippen LogP contribution in [-0.2, 0) is 0 Å². The normalized spacial score (nSPS) is 11.4. The third-order valence-corrected chi connectivity index (χ3v) is 3.97. The van der Waals surface area contributed by atoms with Crippen LogP contribution in [0.2, 0.25) is 0 Å².